The summed E-state index contributed by atoms with van der Waals surface area (Å²) in [7, 11) is 1.24. The van der Waals surface area contributed by atoms with Gasteiger partial charge in [-0.2, -0.15) is 0 Å². The van der Waals surface area contributed by atoms with Crippen LogP contribution < -0.4 is 5.73 Å². The third-order valence-corrected chi connectivity index (χ3v) is 3.03. The number of carbonyl (C=O) groups is 2. The zero-order valence-corrected chi connectivity index (χ0v) is 11.0. The van der Waals surface area contributed by atoms with E-state index in [1.54, 1.807) is 0 Å². The molecule has 2 N–H and O–H groups in total. The SMILES string of the molecule is COC(=O)C1COCCN1C(=O)c1cc(N)cc(F)c1. The molecule has 0 spiro atoms. The van der Waals surface area contributed by atoms with Gasteiger partial charge in [0.2, 0.25) is 0 Å². The molecule has 0 aromatic heterocycles. The molecule has 1 atom stereocenters. The van der Waals surface area contributed by atoms with Gasteiger partial charge in [-0.3, -0.25) is 4.79 Å². The summed E-state index contributed by atoms with van der Waals surface area (Å²) in [5.74, 6) is -1.64. The fourth-order valence-electron chi connectivity index (χ4n) is 2.08. The van der Waals surface area contributed by atoms with Crippen LogP contribution in [0.15, 0.2) is 18.2 Å². The van der Waals surface area contributed by atoms with Gasteiger partial charge in [0, 0.05) is 17.8 Å². The molecule has 1 heterocycles. The Morgan fingerprint density at radius 3 is 2.85 bits per heavy atom. The summed E-state index contributed by atoms with van der Waals surface area (Å²) in [4.78, 5) is 25.3. The zero-order chi connectivity index (χ0) is 14.7. The molecule has 1 fully saturated rings. The van der Waals surface area contributed by atoms with E-state index in [0.29, 0.717) is 6.61 Å². The van der Waals surface area contributed by atoms with Crippen molar-refractivity contribution >= 4 is 17.6 Å². The molecule has 0 aliphatic carbocycles. The van der Waals surface area contributed by atoms with Crippen LogP contribution in [0, 0.1) is 5.82 Å². The number of anilines is 1. The van der Waals surface area contributed by atoms with E-state index in [0.717, 1.165) is 12.1 Å². The minimum atomic E-state index is -0.828. The maximum Gasteiger partial charge on any atom is 0.331 e. The van der Waals surface area contributed by atoms with Gasteiger partial charge in [-0.1, -0.05) is 0 Å². The number of rotatable bonds is 2. The maximum atomic E-state index is 13.3. The Labute approximate surface area is 115 Å². The number of halogens is 1. The maximum absolute atomic E-state index is 13.3. The molecule has 20 heavy (non-hydrogen) atoms. The normalized spacial score (nSPS) is 18.7. The smallest absolute Gasteiger partial charge is 0.331 e. The van der Waals surface area contributed by atoms with E-state index in [2.05, 4.69) is 4.74 Å². The number of nitrogen functional groups attached to an aromatic ring is 1. The molecule has 1 saturated heterocycles. The van der Waals surface area contributed by atoms with Crippen LogP contribution in [-0.4, -0.2) is 49.7 Å². The first-order valence-corrected chi connectivity index (χ1v) is 6.05. The molecule has 7 heteroatoms. The molecule has 1 unspecified atom stereocenters. The molecule has 108 valence electrons. The topological polar surface area (TPSA) is 81.9 Å². The highest BCUT2D eigenvalue weighted by Gasteiger charge is 2.34. The Morgan fingerprint density at radius 2 is 2.20 bits per heavy atom. The fourth-order valence-corrected chi connectivity index (χ4v) is 2.08. The van der Waals surface area contributed by atoms with Crippen LogP contribution in [-0.2, 0) is 14.3 Å². The molecular weight excluding hydrogens is 267 g/mol. The van der Waals surface area contributed by atoms with Gasteiger partial charge >= 0.3 is 5.97 Å². The van der Waals surface area contributed by atoms with Crippen LogP contribution >= 0.6 is 0 Å². The molecule has 2 rings (SSSR count). The van der Waals surface area contributed by atoms with E-state index in [1.165, 1.54) is 18.1 Å². The predicted molar refractivity (Wildman–Crippen MR) is 68.5 cm³/mol. The van der Waals surface area contributed by atoms with E-state index in [9.17, 15) is 14.0 Å². The highest BCUT2D eigenvalue weighted by Crippen LogP contribution is 2.17. The molecule has 0 saturated carbocycles. The molecule has 0 bridgehead atoms. The first kappa shape index (κ1) is 14.3. The standard InChI is InChI=1S/C13H15FN2O4/c1-19-13(18)11-7-20-3-2-16(11)12(17)8-4-9(14)6-10(15)5-8/h4-6,11H,2-3,7,15H2,1H3. The highest BCUT2D eigenvalue weighted by molar-refractivity contribution is 5.97. The lowest BCUT2D eigenvalue weighted by molar-refractivity contribution is -0.151. The van der Waals surface area contributed by atoms with Crippen LogP contribution in [0.4, 0.5) is 10.1 Å². The van der Waals surface area contributed by atoms with Crippen molar-refractivity contribution in [3.8, 4) is 0 Å². The highest BCUT2D eigenvalue weighted by atomic mass is 19.1. The predicted octanol–water partition coefficient (Wildman–Crippen LogP) is 0.422. The van der Waals surface area contributed by atoms with Crippen molar-refractivity contribution in [3.63, 3.8) is 0 Å². The van der Waals surface area contributed by atoms with E-state index in [-0.39, 0.29) is 24.4 Å². The first-order chi connectivity index (χ1) is 9.52. The van der Waals surface area contributed by atoms with Crippen molar-refractivity contribution in [1.82, 2.24) is 4.90 Å². The summed E-state index contributed by atoms with van der Waals surface area (Å²) in [6.07, 6.45) is 0. The molecule has 1 aromatic rings. The van der Waals surface area contributed by atoms with Crippen molar-refractivity contribution in [1.29, 1.82) is 0 Å². The summed E-state index contributed by atoms with van der Waals surface area (Å²) in [6.45, 7) is 0.599. The van der Waals surface area contributed by atoms with Gasteiger partial charge in [-0.05, 0) is 18.2 Å². The monoisotopic (exact) mass is 282 g/mol. The number of carbonyl (C=O) groups excluding carboxylic acids is 2. The number of hydrogen-bond donors (Lipinski definition) is 1. The molecular formula is C13H15FN2O4. The lowest BCUT2D eigenvalue weighted by Crippen LogP contribution is -2.53. The summed E-state index contributed by atoms with van der Waals surface area (Å²) in [5.41, 5.74) is 5.77. The van der Waals surface area contributed by atoms with E-state index in [1.807, 2.05) is 0 Å². The number of methoxy groups -OCH3 is 1. The lowest BCUT2D eigenvalue weighted by Gasteiger charge is -2.33. The van der Waals surface area contributed by atoms with Crippen LogP contribution in [0.5, 0.6) is 0 Å². The average Bonchev–Trinajstić information content (AvgIpc) is 2.44. The van der Waals surface area contributed by atoms with Gasteiger partial charge in [-0.25, -0.2) is 9.18 Å². The van der Waals surface area contributed by atoms with Crippen LogP contribution in [0.1, 0.15) is 10.4 Å². The van der Waals surface area contributed by atoms with Crippen molar-refractivity contribution in [3.05, 3.63) is 29.6 Å². The van der Waals surface area contributed by atoms with Crippen LogP contribution in [0.2, 0.25) is 0 Å². The number of morpholine rings is 1. The molecule has 6 nitrogen and oxygen atoms in total. The quantitative estimate of drug-likeness (QED) is 0.628. The van der Waals surface area contributed by atoms with Gasteiger partial charge in [-0.15, -0.1) is 0 Å². The Kier molecular flexibility index (Phi) is 4.19. The molecule has 1 amide bonds. The third-order valence-electron chi connectivity index (χ3n) is 3.03. The number of hydrogen-bond acceptors (Lipinski definition) is 5. The Balaban J connectivity index is 2.27. The van der Waals surface area contributed by atoms with Crippen molar-refractivity contribution in [2.24, 2.45) is 0 Å². The summed E-state index contributed by atoms with van der Waals surface area (Å²) < 4.78 is 23.1. The van der Waals surface area contributed by atoms with Crippen molar-refractivity contribution in [2.45, 2.75) is 6.04 Å². The van der Waals surface area contributed by atoms with Crippen molar-refractivity contribution < 1.29 is 23.5 Å². The largest absolute Gasteiger partial charge is 0.467 e. The summed E-state index contributed by atoms with van der Waals surface area (Å²) in [6, 6.07) is 2.75. The minimum absolute atomic E-state index is 0.0587. The van der Waals surface area contributed by atoms with E-state index < -0.39 is 23.7 Å². The average molecular weight is 282 g/mol. The Bertz CT molecular complexity index is 515. The second kappa shape index (κ2) is 5.87. The van der Waals surface area contributed by atoms with E-state index >= 15 is 0 Å². The number of nitrogens with two attached hydrogens (primary N) is 1. The molecule has 1 aliphatic rings. The number of benzene rings is 1. The second-order valence-corrected chi connectivity index (χ2v) is 4.39. The number of nitrogens with zero attached hydrogens (tertiary/aromatic N) is 1. The summed E-state index contributed by atoms with van der Waals surface area (Å²) >= 11 is 0. The van der Waals surface area contributed by atoms with Crippen LogP contribution in [0.25, 0.3) is 0 Å². The molecule has 1 aliphatic heterocycles. The first-order valence-electron chi connectivity index (χ1n) is 6.05. The van der Waals surface area contributed by atoms with Gasteiger partial charge in [0.1, 0.15) is 5.82 Å². The van der Waals surface area contributed by atoms with Crippen LogP contribution in [0.3, 0.4) is 0 Å². The number of amides is 1. The lowest BCUT2D eigenvalue weighted by atomic mass is 10.1. The molecule has 0 radical (unpaired) electrons. The Hall–Kier alpha value is -2.15. The van der Waals surface area contributed by atoms with E-state index in [4.69, 9.17) is 10.5 Å². The fraction of sp³-hybridized carbons (Fsp3) is 0.385. The number of esters is 1. The molecule has 1 aromatic carbocycles. The number of ether oxygens (including phenoxy) is 2. The minimum Gasteiger partial charge on any atom is -0.467 e. The summed E-state index contributed by atoms with van der Waals surface area (Å²) in [5, 5.41) is 0. The second-order valence-electron chi connectivity index (χ2n) is 4.39. The van der Waals surface area contributed by atoms with Gasteiger partial charge in [0.05, 0.1) is 20.3 Å². The van der Waals surface area contributed by atoms with Gasteiger partial charge < -0.3 is 20.1 Å². The van der Waals surface area contributed by atoms with Gasteiger partial charge in [0.25, 0.3) is 5.91 Å². The van der Waals surface area contributed by atoms with Gasteiger partial charge in [0.15, 0.2) is 6.04 Å². The zero-order valence-electron chi connectivity index (χ0n) is 11.0. The van der Waals surface area contributed by atoms with Crippen molar-refractivity contribution in [2.75, 3.05) is 32.6 Å². The Morgan fingerprint density at radius 1 is 1.45 bits per heavy atom. The third kappa shape index (κ3) is 2.88.